The van der Waals surface area contributed by atoms with E-state index >= 15 is 0 Å². The minimum atomic E-state index is -4.34. The van der Waals surface area contributed by atoms with Crippen molar-refractivity contribution in [2.24, 2.45) is 0 Å². The van der Waals surface area contributed by atoms with E-state index in [2.05, 4.69) is 20.3 Å². The maximum atomic E-state index is 14.8. The fraction of sp³-hybridized carbons (Fsp3) is 0.190. The van der Waals surface area contributed by atoms with Crippen LogP contribution in [0.25, 0.3) is 0 Å². The maximum absolute atomic E-state index is 14.8. The Balaban J connectivity index is 1.88. The van der Waals surface area contributed by atoms with E-state index in [0.29, 0.717) is 5.69 Å². The van der Waals surface area contributed by atoms with Gasteiger partial charge in [-0.2, -0.15) is 0 Å². The number of rotatable bonds is 9. The molecule has 1 heterocycles. The summed E-state index contributed by atoms with van der Waals surface area (Å²) < 4.78 is 55.1. The molecule has 3 rings (SSSR count). The number of anilines is 4. The molecule has 1 aromatic heterocycles. The van der Waals surface area contributed by atoms with Gasteiger partial charge in [0.1, 0.15) is 22.3 Å². The van der Waals surface area contributed by atoms with E-state index in [1.54, 1.807) is 0 Å². The van der Waals surface area contributed by atoms with Crippen LogP contribution in [0.15, 0.2) is 59.6 Å². The molecule has 32 heavy (non-hydrogen) atoms. The van der Waals surface area contributed by atoms with E-state index in [1.165, 1.54) is 0 Å². The molecular weight excluding hydrogens is 460 g/mol. The van der Waals surface area contributed by atoms with E-state index in [4.69, 9.17) is 11.6 Å². The third-order valence-corrected chi connectivity index (χ3v) is 6.24. The summed E-state index contributed by atoms with van der Waals surface area (Å²) in [5.41, 5.74) is 1.74. The van der Waals surface area contributed by atoms with E-state index < -0.39 is 26.6 Å². The Bertz CT molecular complexity index is 1190. The molecule has 0 saturated heterocycles. The van der Waals surface area contributed by atoms with Gasteiger partial charge in [0.2, 0.25) is 0 Å². The average Bonchev–Trinajstić information content (AvgIpc) is 2.76. The van der Waals surface area contributed by atoms with Crippen LogP contribution in [0.4, 0.5) is 31.7 Å². The maximum Gasteiger partial charge on any atom is 0.266 e. The fourth-order valence-electron chi connectivity index (χ4n) is 2.92. The van der Waals surface area contributed by atoms with Gasteiger partial charge in [-0.3, -0.25) is 4.72 Å². The van der Waals surface area contributed by atoms with Crippen molar-refractivity contribution in [1.82, 2.24) is 10.3 Å². The van der Waals surface area contributed by atoms with Gasteiger partial charge in [0.15, 0.2) is 0 Å². The normalized spacial score (nSPS) is 11.3. The number of halogens is 3. The van der Waals surface area contributed by atoms with Crippen molar-refractivity contribution in [3.8, 4) is 0 Å². The smallest absolute Gasteiger partial charge is 0.266 e. The molecule has 11 heteroatoms. The Hall–Kier alpha value is -2.95. The lowest BCUT2D eigenvalue weighted by Gasteiger charge is -2.23. The number of likely N-dealkylation sites (N-methyl/N-ethyl adjacent to an activating group) is 2. The van der Waals surface area contributed by atoms with Crippen LogP contribution in [0.2, 0.25) is 5.02 Å². The van der Waals surface area contributed by atoms with E-state index in [-0.39, 0.29) is 16.5 Å². The van der Waals surface area contributed by atoms with Crippen molar-refractivity contribution in [2.75, 3.05) is 42.1 Å². The van der Waals surface area contributed by atoms with Gasteiger partial charge >= 0.3 is 0 Å². The number of pyridine rings is 1. The second-order valence-electron chi connectivity index (χ2n) is 6.90. The van der Waals surface area contributed by atoms with Crippen molar-refractivity contribution in [1.29, 1.82) is 0 Å². The number of sulfonamides is 1. The monoisotopic (exact) mass is 481 g/mol. The van der Waals surface area contributed by atoms with Crippen LogP contribution >= 0.6 is 11.6 Å². The van der Waals surface area contributed by atoms with Gasteiger partial charge in [-0.15, -0.1) is 0 Å². The van der Waals surface area contributed by atoms with Gasteiger partial charge in [-0.1, -0.05) is 23.7 Å². The first-order chi connectivity index (χ1) is 15.2. The molecule has 3 N–H and O–H groups in total. The highest BCUT2D eigenvalue weighted by Gasteiger charge is 2.22. The largest absolute Gasteiger partial charge is 0.372 e. The van der Waals surface area contributed by atoms with Crippen LogP contribution in [0.5, 0.6) is 0 Å². The topological polar surface area (TPSA) is 86.4 Å². The first kappa shape index (κ1) is 23.7. The molecule has 0 fully saturated rings. The molecule has 0 unspecified atom stereocenters. The Labute approximate surface area is 190 Å². The minimum absolute atomic E-state index is 0.00604. The molecule has 0 spiro atoms. The van der Waals surface area contributed by atoms with Gasteiger partial charge in [0.25, 0.3) is 10.0 Å². The first-order valence-corrected chi connectivity index (χ1v) is 11.4. The van der Waals surface area contributed by atoms with Crippen LogP contribution < -0.4 is 20.3 Å². The van der Waals surface area contributed by atoms with Gasteiger partial charge in [0.05, 0.1) is 28.3 Å². The number of nitrogens with one attached hydrogen (secondary N) is 3. The molecule has 0 aliphatic rings. The summed E-state index contributed by atoms with van der Waals surface area (Å²) in [6.07, 6.45) is 0.846. The van der Waals surface area contributed by atoms with Crippen molar-refractivity contribution in [2.45, 2.75) is 4.90 Å². The Morgan fingerprint density at radius 2 is 1.84 bits per heavy atom. The zero-order chi connectivity index (χ0) is 23.3. The molecule has 0 saturated carbocycles. The number of hydrogen-bond acceptors (Lipinski definition) is 6. The lowest BCUT2D eigenvalue weighted by molar-refractivity contribution is 0.570. The van der Waals surface area contributed by atoms with Crippen molar-refractivity contribution in [3.63, 3.8) is 0 Å². The molecule has 3 aromatic rings. The van der Waals surface area contributed by atoms with E-state index in [9.17, 15) is 17.2 Å². The molecule has 2 aromatic carbocycles. The zero-order valence-electron chi connectivity index (χ0n) is 17.4. The SMILES string of the molecule is CNCCN(C)c1ccccc1Nc1cc(F)c(S(=O)(=O)Nc2ccc(F)cn2)cc1Cl. The second-order valence-corrected chi connectivity index (χ2v) is 8.95. The quantitative estimate of drug-likeness (QED) is 0.424. The highest BCUT2D eigenvalue weighted by Crippen LogP contribution is 2.34. The third-order valence-electron chi connectivity index (χ3n) is 4.56. The van der Waals surface area contributed by atoms with Crippen molar-refractivity contribution in [3.05, 3.63) is 71.4 Å². The van der Waals surface area contributed by atoms with Crippen LogP contribution in [-0.2, 0) is 10.0 Å². The molecule has 0 aliphatic carbocycles. The van der Waals surface area contributed by atoms with Gasteiger partial charge in [0, 0.05) is 26.2 Å². The summed E-state index contributed by atoms with van der Waals surface area (Å²) in [6.45, 7) is 1.50. The third kappa shape index (κ3) is 5.64. The number of benzene rings is 2. The van der Waals surface area contributed by atoms with E-state index in [0.717, 1.165) is 49.2 Å². The van der Waals surface area contributed by atoms with Gasteiger partial charge in [-0.05, 0) is 37.4 Å². The fourth-order valence-corrected chi connectivity index (χ4v) is 4.29. The predicted molar refractivity (Wildman–Crippen MR) is 123 cm³/mol. The Morgan fingerprint density at radius 3 is 2.53 bits per heavy atom. The Morgan fingerprint density at radius 1 is 1.09 bits per heavy atom. The molecule has 0 aliphatic heterocycles. The highest BCUT2D eigenvalue weighted by molar-refractivity contribution is 7.92. The molecule has 0 atom stereocenters. The van der Waals surface area contributed by atoms with Crippen LogP contribution in [-0.4, -0.2) is 40.6 Å². The Kier molecular flexibility index (Phi) is 7.49. The summed E-state index contributed by atoms with van der Waals surface area (Å²) >= 11 is 6.29. The van der Waals surface area contributed by atoms with E-state index in [1.807, 2.05) is 43.3 Å². The zero-order valence-corrected chi connectivity index (χ0v) is 18.9. The molecule has 7 nitrogen and oxygen atoms in total. The molecule has 170 valence electrons. The summed E-state index contributed by atoms with van der Waals surface area (Å²) in [6, 6.07) is 11.6. The highest BCUT2D eigenvalue weighted by atomic mass is 35.5. The van der Waals surface area contributed by atoms with Crippen LogP contribution in [0.3, 0.4) is 0 Å². The number of nitrogens with zero attached hydrogens (tertiary/aromatic N) is 2. The van der Waals surface area contributed by atoms with Crippen molar-refractivity contribution >= 4 is 44.5 Å². The lowest BCUT2D eigenvalue weighted by atomic mass is 10.2. The van der Waals surface area contributed by atoms with Crippen LogP contribution in [0, 0.1) is 11.6 Å². The van der Waals surface area contributed by atoms with Gasteiger partial charge in [-0.25, -0.2) is 22.2 Å². The minimum Gasteiger partial charge on any atom is -0.372 e. The van der Waals surface area contributed by atoms with Crippen molar-refractivity contribution < 1.29 is 17.2 Å². The summed E-state index contributed by atoms with van der Waals surface area (Å²) in [5, 5.41) is 6.15. The lowest BCUT2D eigenvalue weighted by Crippen LogP contribution is -2.27. The first-order valence-electron chi connectivity index (χ1n) is 9.56. The molecule has 0 amide bonds. The summed E-state index contributed by atoms with van der Waals surface area (Å²) in [4.78, 5) is 4.98. The number of para-hydroxylation sites is 2. The molecular formula is C21H22ClF2N5O2S. The predicted octanol–water partition coefficient (Wildman–Crippen LogP) is 4.21. The average molecular weight is 482 g/mol. The molecule has 0 bridgehead atoms. The number of aromatic nitrogens is 1. The second kappa shape index (κ2) is 10.1. The van der Waals surface area contributed by atoms with Crippen LogP contribution in [0.1, 0.15) is 0 Å². The summed E-state index contributed by atoms with van der Waals surface area (Å²) in [5.74, 6) is -1.79. The number of hydrogen-bond donors (Lipinski definition) is 3. The van der Waals surface area contributed by atoms with Gasteiger partial charge < -0.3 is 15.5 Å². The molecule has 0 radical (unpaired) electrons. The standard InChI is InChI=1S/C21H22ClF2N5O2S/c1-25-9-10-29(2)19-6-4-3-5-17(19)27-18-12-16(24)20(11-15(18)22)32(30,31)28-21-8-7-14(23)13-26-21/h3-8,11-13,25,27H,9-10H2,1-2H3,(H,26,28). The summed E-state index contributed by atoms with van der Waals surface area (Å²) in [7, 11) is -0.558.